The van der Waals surface area contributed by atoms with Gasteiger partial charge in [-0.05, 0) is 26.0 Å². The number of hydrogen-bond donors (Lipinski definition) is 2. The molecule has 1 amide bonds. The number of ether oxygens (including phenoxy) is 1. The van der Waals surface area contributed by atoms with E-state index in [0.717, 1.165) is 6.42 Å². The number of amides is 1. The van der Waals surface area contributed by atoms with E-state index in [1.165, 1.54) is 5.56 Å². The minimum absolute atomic E-state index is 0.0647. The summed E-state index contributed by atoms with van der Waals surface area (Å²) in [4.78, 5) is 11.4. The third kappa shape index (κ3) is 6.37. The number of carbonyl (C=O) groups excluding carboxylic acids is 1. The SMILES string of the molecule is CNC(C)CNC(=O)COCCc1ccccc1. The molecule has 2 N–H and O–H groups in total. The summed E-state index contributed by atoms with van der Waals surface area (Å²) in [6, 6.07) is 10.4. The van der Waals surface area contributed by atoms with Crippen LogP contribution < -0.4 is 10.6 Å². The first-order chi connectivity index (χ1) is 8.72. The van der Waals surface area contributed by atoms with Crippen LogP contribution in [0.2, 0.25) is 0 Å². The zero-order valence-electron chi connectivity index (χ0n) is 11.1. The summed E-state index contributed by atoms with van der Waals surface area (Å²) in [6.07, 6.45) is 0.834. The van der Waals surface area contributed by atoms with Crippen LogP contribution in [0.25, 0.3) is 0 Å². The van der Waals surface area contributed by atoms with Crippen LogP contribution in [0.5, 0.6) is 0 Å². The summed E-state index contributed by atoms with van der Waals surface area (Å²) in [7, 11) is 1.87. The van der Waals surface area contributed by atoms with Crippen molar-refractivity contribution in [3.63, 3.8) is 0 Å². The monoisotopic (exact) mass is 250 g/mol. The summed E-state index contributed by atoms with van der Waals surface area (Å²) in [5.74, 6) is -0.0647. The highest BCUT2D eigenvalue weighted by molar-refractivity contribution is 5.77. The molecule has 0 spiro atoms. The van der Waals surface area contributed by atoms with Gasteiger partial charge in [0, 0.05) is 12.6 Å². The van der Waals surface area contributed by atoms with Crippen LogP contribution in [0.4, 0.5) is 0 Å². The van der Waals surface area contributed by atoms with E-state index < -0.39 is 0 Å². The van der Waals surface area contributed by atoms with Crippen LogP contribution in [-0.2, 0) is 16.0 Å². The van der Waals surface area contributed by atoms with Crippen molar-refractivity contribution in [2.24, 2.45) is 0 Å². The normalized spacial score (nSPS) is 12.1. The first-order valence-corrected chi connectivity index (χ1v) is 6.28. The van der Waals surface area contributed by atoms with Crippen molar-refractivity contribution >= 4 is 5.91 Å². The van der Waals surface area contributed by atoms with Gasteiger partial charge in [-0.3, -0.25) is 4.79 Å². The Balaban J connectivity index is 2.05. The Kier molecular flexibility index (Phi) is 7.06. The van der Waals surface area contributed by atoms with Crippen molar-refractivity contribution in [2.45, 2.75) is 19.4 Å². The lowest BCUT2D eigenvalue weighted by atomic mass is 10.2. The molecule has 0 bridgehead atoms. The molecule has 1 atom stereocenters. The van der Waals surface area contributed by atoms with E-state index in [-0.39, 0.29) is 18.6 Å². The van der Waals surface area contributed by atoms with E-state index in [9.17, 15) is 4.79 Å². The maximum Gasteiger partial charge on any atom is 0.246 e. The molecular formula is C14H22N2O2. The molecule has 0 aliphatic heterocycles. The summed E-state index contributed by atoms with van der Waals surface area (Å²) >= 11 is 0. The largest absolute Gasteiger partial charge is 0.371 e. The van der Waals surface area contributed by atoms with Gasteiger partial charge in [-0.2, -0.15) is 0 Å². The van der Waals surface area contributed by atoms with Gasteiger partial charge in [0.05, 0.1) is 6.61 Å². The van der Waals surface area contributed by atoms with Crippen LogP contribution in [0.1, 0.15) is 12.5 Å². The van der Waals surface area contributed by atoms with Crippen molar-refractivity contribution in [1.82, 2.24) is 10.6 Å². The average molecular weight is 250 g/mol. The third-order valence-corrected chi connectivity index (χ3v) is 2.71. The highest BCUT2D eigenvalue weighted by atomic mass is 16.5. The first kappa shape index (κ1) is 14.7. The van der Waals surface area contributed by atoms with Crippen molar-refractivity contribution in [3.8, 4) is 0 Å². The van der Waals surface area contributed by atoms with Crippen LogP contribution in [0.3, 0.4) is 0 Å². The van der Waals surface area contributed by atoms with Gasteiger partial charge in [-0.1, -0.05) is 30.3 Å². The quantitative estimate of drug-likeness (QED) is 0.676. The predicted octanol–water partition coefficient (Wildman–Crippen LogP) is 0.970. The van der Waals surface area contributed by atoms with E-state index in [4.69, 9.17) is 4.74 Å². The fraction of sp³-hybridized carbons (Fsp3) is 0.500. The second-order valence-corrected chi connectivity index (χ2v) is 4.28. The molecule has 100 valence electrons. The smallest absolute Gasteiger partial charge is 0.246 e. The maximum atomic E-state index is 11.4. The Morgan fingerprint density at radius 3 is 2.72 bits per heavy atom. The molecule has 18 heavy (non-hydrogen) atoms. The van der Waals surface area contributed by atoms with Gasteiger partial charge >= 0.3 is 0 Å². The predicted molar refractivity (Wildman–Crippen MR) is 72.5 cm³/mol. The lowest BCUT2D eigenvalue weighted by Gasteiger charge is -2.11. The fourth-order valence-corrected chi connectivity index (χ4v) is 1.42. The molecule has 0 saturated carbocycles. The van der Waals surface area contributed by atoms with E-state index >= 15 is 0 Å². The lowest BCUT2D eigenvalue weighted by Crippen LogP contribution is -2.38. The summed E-state index contributed by atoms with van der Waals surface area (Å²) < 4.78 is 5.33. The zero-order chi connectivity index (χ0) is 13.2. The van der Waals surface area contributed by atoms with Crippen molar-refractivity contribution < 1.29 is 9.53 Å². The van der Waals surface area contributed by atoms with Crippen LogP contribution >= 0.6 is 0 Å². The molecule has 0 fully saturated rings. The molecule has 0 aromatic heterocycles. The van der Waals surface area contributed by atoms with Crippen molar-refractivity contribution in [1.29, 1.82) is 0 Å². The van der Waals surface area contributed by atoms with Crippen LogP contribution in [0, 0.1) is 0 Å². The van der Waals surface area contributed by atoms with Gasteiger partial charge in [0.2, 0.25) is 5.91 Å². The van der Waals surface area contributed by atoms with E-state index in [2.05, 4.69) is 22.8 Å². The van der Waals surface area contributed by atoms with E-state index in [1.807, 2.05) is 32.2 Å². The molecule has 4 nitrogen and oxygen atoms in total. The molecule has 0 radical (unpaired) electrons. The van der Waals surface area contributed by atoms with Gasteiger partial charge in [0.1, 0.15) is 6.61 Å². The lowest BCUT2D eigenvalue weighted by molar-refractivity contribution is -0.125. The Labute approximate surface area is 109 Å². The molecule has 1 aromatic carbocycles. The number of benzene rings is 1. The number of carbonyl (C=O) groups is 1. The summed E-state index contributed by atoms with van der Waals surface area (Å²) in [5.41, 5.74) is 1.22. The number of rotatable bonds is 8. The number of hydrogen-bond acceptors (Lipinski definition) is 3. The van der Waals surface area contributed by atoms with Gasteiger partial charge in [-0.25, -0.2) is 0 Å². The van der Waals surface area contributed by atoms with E-state index in [1.54, 1.807) is 0 Å². The van der Waals surface area contributed by atoms with Crippen LogP contribution in [-0.4, -0.2) is 38.8 Å². The fourth-order valence-electron chi connectivity index (χ4n) is 1.42. The molecule has 0 heterocycles. The van der Waals surface area contributed by atoms with Crippen LogP contribution in [0.15, 0.2) is 30.3 Å². The highest BCUT2D eigenvalue weighted by Gasteiger charge is 2.03. The highest BCUT2D eigenvalue weighted by Crippen LogP contribution is 1.99. The molecular weight excluding hydrogens is 228 g/mol. The van der Waals surface area contributed by atoms with E-state index in [0.29, 0.717) is 13.2 Å². The Hall–Kier alpha value is -1.39. The number of nitrogens with one attached hydrogen (secondary N) is 2. The molecule has 1 rings (SSSR count). The van der Waals surface area contributed by atoms with Gasteiger partial charge < -0.3 is 15.4 Å². The summed E-state index contributed by atoms with van der Waals surface area (Å²) in [5, 5.41) is 5.86. The van der Waals surface area contributed by atoms with Gasteiger partial charge in [0.15, 0.2) is 0 Å². The van der Waals surface area contributed by atoms with Gasteiger partial charge in [-0.15, -0.1) is 0 Å². The third-order valence-electron chi connectivity index (χ3n) is 2.71. The second-order valence-electron chi connectivity index (χ2n) is 4.28. The average Bonchev–Trinajstić information content (AvgIpc) is 2.42. The molecule has 0 saturated heterocycles. The second kappa shape index (κ2) is 8.66. The molecule has 4 heteroatoms. The molecule has 0 aliphatic carbocycles. The standard InChI is InChI=1S/C14H22N2O2/c1-12(15-2)10-16-14(17)11-18-9-8-13-6-4-3-5-7-13/h3-7,12,15H,8-11H2,1-2H3,(H,16,17). The van der Waals surface area contributed by atoms with Crippen molar-refractivity contribution in [2.75, 3.05) is 26.8 Å². The Morgan fingerprint density at radius 2 is 2.06 bits per heavy atom. The Morgan fingerprint density at radius 1 is 1.33 bits per heavy atom. The maximum absolute atomic E-state index is 11.4. The number of likely N-dealkylation sites (N-methyl/N-ethyl adjacent to an activating group) is 1. The Bertz CT molecular complexity index is 341. The topological polar surface area (TPSA) is 50.4 Å². The zero-order valence-corrected chi connectivity index (χ0v) is 11.1. The summed E-state index contributed by atoms with van der Waals surface area (Å²) in [6.45, 7) is 3.33. The minimum Gasteiger partial charge on any atom is -0.371 e. The molecule has 1 aromatic rings. The first-order valence-electron chi connectivity index (χ1n) is 6.28. The minimum atomic E-state index is -0.0647. The molecule has 0 aliphatic rings. The van der Waals surface area contributed by atoms with Crippen molar-refractivity contribution in [3.05, 3.63) is 35.9 Å². The molecule has 1 unspecified atom stereocenters. The van der Waals surface area contributed by atoms with Gasteiger partial charge in [0.25, 0.3) is 0 Å².